The number of carbonyl (C=O) groups excluding carboxylic acids is 2. The molecule has 0 radical (unpaired) electrons. The molecule has 9 nitrogen and oxygen atoms in total. The van der Waals surface area contributed by atoms with Gasteiger partial charge >= 0.3 is 6.09 Å². The summed E-state index contributed by atoms with van der Waals surface area (Å²) in [4.78, 5) is 29.2. The van der Waals surface area contributed by atoms with E-state index < -0.39 is 39.2 Å². The fourth-order valence-corrected chi connectivity index (χ4v) is 8.05. The summed E-state index contributed by atoms with van der Waals surface area (Å²) >= 11 is 0. The number of ether oxygens (including phenoxy) is 1. The number of nitriles is 1. The molecule has 0 aromatic heterocycles. The minimum Gasteiger partial charge on any atom is -0.441 e. The second-order valence-electron chi connectivity index (χ2n) is 12.4. The average Bonchev–Trinajstić information content (AvgIpc) is 3.37. The Kier molecular flexibility index (Phi) is 9.11. The maximum absolute atomic E-state index is 14.4. The summed E-state index contributed by atoms with van der Waals surface area (Å²) in [6, 6.07) is 15.5. The number of nitrogens with zero attached hydrogens (tertiary/aromatic N) is 4. The van der Waals surface area contributed by atoms with Crippen molar-refractivity contribution in [2.75, 3.05) is 32.7 Å². The summed E-state index contributed by atoms with van der Waals surface area (Å²) in [6.45, 7) is 1.91. The van der Waals surface area contributed by atoms with Crippen molar-refractivity contribution in [3.05, 3.63) is 100 Å². The van der Waals surface area contributed by atoms with E-state index in [0.717, 1.165) is 17.7 Å². The van der Waals surface area contributed by atoms with E-state index in [1.807, 2.05) is 4.90 Å². The first-order valence-corrected chi connectivity index (χ1v) is 16.9. The average molecular weight is 667 g/mol. The van der Waals surface area contributed by atoms with Crippen LogP contribution in [0.25, 0.3) is 0 Å². The summed E-state index contributed by atoms with van der Waals surface area (Å²) < 4.78 is 75.9. The molecule has 0 atom stereocenters. The number of likely N-dealkylation sites (tertiary alicyclic amines) is 1. The van der Waals surface area contributed by atoms with E-state index in [1.54, 1.807) is 23.1 Å². The zero-order chi connectivity index (χ0) is 33.3. The third-order valence-corrected chi connectivity index (χ3v) is 11.3. The fraction of sp³-hybridized carbons (Fsp3) is 0.382. The third-order valence-electron chi connectivity index (χ3n) is 9.35. The fourth-order valence-electron chi connectivity index (χ4n) is 6.58. The maximum Gasteiger partial charge on any atom is 0.410 e. The zero-order valence-electron chi connectivity index (χ0n) is 25.5. The highest BCUT2D eigenvalue weighted by Gasteiger charge is 2.47. The molecule has 0 N–H and O–H groups in total. The van der Waals surface area contributed by atoms with Crippen LogP contribution in [0, 0.1) is 34.7 Å². The summed E-state index contributed by atoms with van der Waals surface area (Å²) in [5.41, 5.74) is 0.241. The smallest absolute Gasteiger partial charge is 0.410 e. The highest BCUT2D eigenvalue weighted by Crippen LogP contribution is 2.35. The highest BCUT2D eigenvalue weighted by atomic mass is 32.2. The molecule has 3 aromatic rings. The van der Waals surface area contributed by atoms with Gasteiger partial charge in [0.2, 0.25) is 10.0 Å². The van der Waals surface area contributed by atoms with Gasteiger partial charge in [0.25, 0.3) is 0 Å². The molecule has 0 aliphatic carbocycles. The molecular weight excluding hydrogens is 633 g/mol. The van der Waals surface area contributed by atoms with Gasteiger partial charge in [0.05, 0.1) is 23.1 Å². The van der Waals surface area contributed by atoms with Crippen LogP contribution in [0.2, 0.25) is 0 Å². The van der Waals surface area contributed by atoms with Crippen LogP contribution in [0.15, 0.2) is 65.6 Å². The number of ketones is 1. The Balaban J connectivity index is 1.01. The van der Waals surface area contributed by atoms with Gasteiger partial charge in [-0.05, 0) is 66.9 Å². The Morgan fingerprint density at radius 2 is 1.53 bits per heavy atom. The van der Waals surface area contributed by atoms with Crippen molar-refractivity contribution in [2.24, 2.45) is 5.92 Å². The minimum atomic E-state index is -3.79. The van der Waals surface area contributed by atoms with Gasteiger partial charge in [-0.1, -0.05) is 12.1 Å². The number of hydrogen-bond donors (Lipinski definition) is 0. The van der Waals surface area contributed by atoms with Gasteiger partial charge in [-0.3, -0.25) is 14.6 Å². The second-order valence-corrected chi connectivity index (χ2v) is 14.3. The zero-order valence-corrected chi connectivity index (χ0v) is 26.3. The lowest BCUT2D eigenvalue weighted by molar-refractivity contribution is -0.00165. The molecule has 3 fully saturated rings. The van der Waals surface area contributed by atoms with Crippen molar-refractivity contribution in [2.45, 2.75) is 49.3 Å². The number of benzene rings is 3. The molecule has 246 valence electrons. The van der Waals surface area contributed by atoms with E-state index in [0.29, 0.717) is 50.9 Å². The molecular formula is C34H33F3N4O5S. The quantitative estimate of drug-likeness (QED) is 0.302. The Morgan fingerprint density at radius 3 is 2.13 bits per heavy atom. The van der Waals surface area contributed by atoms with Crippen LogP contribution in [-0.2, 0) is 27.8 Å². The molecule has 1 amide bonds. The molecule has 1 spiro atoms. The Labute approximate surface area is 271 Å². The maximum atomic E-state index is 14.4. The highest BCUT2D eigenvalue weighted by molar-refractivity contribution is 7.89. The molecule has 3 aromatic carbocycles. The number of halogens is 3. The first-order chi connectivity index (χ1) is 22.5. The molecule has 13 heteroatoms. The number of amides is 1. The third kappa shape index (κ3) is 6.90. The van der Waals surface area contributed by atoms with Crippen LogP contribution in [0.5, 0.6) is 0 Å². The van der Waals surface area contributed by atoms with Crippen molar-refractivity contribution in [1.82, 2.24) is 14.1 Å². The molecule has 3 aliphatic rings. The first-order valence-electron chi connectivity index (χ1n) is 15.4. The first kappa shape index (κ1) is 32.7. The van der Waals surface area contributed by atoms with Gasteiger partial charge in [-0.2, -0.15) is 9.57 Å². The van der Waals surface area contributed by atoms with Gasteiger partial charge in [-0.25, -0.2) is 26.4 Å². The van der Waals surface area contributed by atoms with Crippen LogP contribution in [0.1, 0.15) is 52.7 Å². The SMILES string of the molecule is N#Cc1cc(F)c(CN2CCC3(CC2)CN(Cc2ccc(S(=O)(=O)N4CCC(C(=O)c5ccc(F)cc5)CC4)cc2)C(=O)O3)c(F)c1. The van der Waals surface area contributed by atoms with Gasteiger partial charge in [0, 0.05) is 69.2 Å². The van der Waals surface area contributed by atoms with Gasteiger partial charge in [0.1, 0.15) is 23.1 Å². The van der Waals surface area contributed by atoms with Crippen molar-refractivity contribution in [3.63, 3.8) is 0 Å². The van der Waals surface area contributed by atoms with E-state index in [1.165, 1.54) is 40.7 Å². The number of rotatable bonds is 8. The van der Waals surface area contributed by atoms with Crippen LogP contribution < -0.4 is 0 Å². The number of piperidine rings is 2. The molecule has 0 bridgehead atoms. The van der Waals surface area contributed by atoms with Crippen molar-refractivity contribution in [3.8, 4) is 6.07 Å². The monoisotopic (exact) mass is 666 g/mol. The number of hydrogen-bond acceptors (Lipinski definition) is 7. The lowest BCUT2D eigenvalue weighted by Crippen LogP contribution is -2.46. The molecule has 3 heterocycles. The molecule has 47 heavy (non-hydrogen) atoms. The lowest BCUT2D eigenvalue weighted by atomic mass is 9.90. The summed E-state index contributed by atoms with van der Waals surface area (Å²) in [5.74, 6) is -2.41. The topological polar surface area (TPSA) is 111 Å². The van der Waals surface area contributed by atoms with Crippen LogP contribution in [-0.4, -0.2) is 72.7 Å². The molecule has 0 unspecified atom stereocenters. The van der Waals surface area contributed by atoms with Gasteiger partial charge in [-0.15, -0.1) is 0 Å². The minimum absolute atomic E-state index is 0.0402. The van der Waals surface area contributed by atoms with Gasteiger partial charge < -0.3 is 4.74 Å². The molecule has 3 aliphatic heterocycles. The van der Waals surface area contributed by atoms with E-state index >= 15 is 0 Å². The molecule has 0 saturated carbocycles. The largest absolute Gasteiger partial charge is 0.441 e. The van der Waals surface area contributed by atoms with E-state index in [4.69, 9.17) is 10.00 Å². The Hall–Kier alpha value is -4.25. The standard InChI is InChI=1S/C34H33F3N4O5S/c35-27-5-3-25(4-6-27)32(42)26-9-13-41(14-10-26)47(44,45)28-7-1-23(2-8-28)20-40-22-34(46-33(40)43)11-15-39(16-12-34)21-29-30(36)17-24(19-38)18-31(29)37/h1-8,17-18,26H,9-16,20-22H2. The van der Waals surface area contributed by atoms with Crippen LogP contribution in [0.3, 0.4) is 0 Å². The van der Waals surface area contributed by atoms with E-state index in [-0.39, 0.29) is 53.9 Å². The van der Waals surface area contributed by atoms with Crippen molar-refractivity contribution < 1.29 is 35.9 Å². The van der Waals surface area contributed by atoms with Crippen LogP contribution in [0.4, 0.5) is 18.0 Å². The normalized spacial score (nSPS) is 19.1. The Bertz CT molecular complexity index is 1790. The van der Waals surface area contributed by atoms with Crippen molar-refractivity contribution >= 4 is 21.9 Å². The number of Topliss-reactive ketones (excluding diaryl/α,β-unsaturated/α-hetero) is 1. The number of carbonyl (C=O) groups is 2. The van der Waals surface area contributed by atoms with Crippen molar-refractivity contribution in [1.29, 1.82) is 5.26 Å². The predicted octanol–water partition coefficient (Wildman–Crippen LogP) is 5.25. The Morgan fingerprint density at radius 1 is 0.915 bits per heavy atom. The van der Waals surface area contributed by atoms with Crippen LogP contribution >= 0.6 is 0 Å². The molecule has 3 saturated heterocycles. The number of sulfonamides is 1. The van der Waals surface area contributed by atoms with E-state index in [9.17, 15) is 31.2 Å². The molecule has 6 rings (SSSR count). The van der Waals surface area contributed by atoms with E-state index in [2.05, 4.69) is 0 Å². The second kappa shape index (κ2) is 13.1. The summed E-state index contributed by atoms with van der Waals surface area (Å²) in [7, 11) is -3.79. The lowest BCUT2D eigenvalue weighted by Gasteiger charge is -2.37. The predicted molar refractivity (Wildman–Crippen MR) is 164 cm³/mol. The van der Waals surface area contributed by atoms with Gasteiger partial charge in [0.15, 0.2) is 5.78 Å². The summed E-state index contributed by atoms with van der Waals surface area (Å²) in [6.07, 6.45) is 1.23. The summed E-state index contributed by atoms with van der Waals surface area (Å²) in [5, 5.41) is 8.92.